The van der Waals surface area contributed by atoms with Crippen LogP contribution in [0.1, 0.15) is 56.1 Å². The highest BCUT2D eigenvalue weighted by atomic mass is 16.7. The van der Waals surface area contributed by atoms with E-state index < -0.39 is 0 Å². The van der Waals surface area contributed by atoms with Crippen molar-refractivity contribution in [3.05, 3.63) is 69.8 Å². The van der Waals surface area contributed by atoms with E-state index in [4.69, 9.17) is 18.9 Å². The summed E-state index contributed by atoms with van der Waals surface area (Å²) < 4.78 is 24.6. The molecule has 0 bridgehead atoms. The fourth-order valence-corrected chi connectivity index (χ4v) is 5.54. The quantitative estimate of drug-likeness (QED) is 0.298. The number of ether oxygens (including phenoxy) is 4. The summed E-state index contributed by atoms with van der Waals surface area (Å²) in [5, 5.41) is 13.7. The van der Waals surface area contributed by atoms with Gasteiger partial charge < -0.3 is 23.9 Å². The molecule has 4 aromatic rings. The molecule has 2 atom stereocenters. The first kappa shape index (κ1) is 26.3. The second-order valence-electron chi connectivity index (χ2n) is 10.2. The first-order valence-electron chi connectivity index (χ1n) is 13.9. The van der Waals surface area contributed by atoms with Crippen molar-refractivity contribution in [1.82, 2.24) is 30.1 Å². The van der Waals surface area contributed by atoms with Crippen LogP contribution >= 0.6 is 0 Å². The molecule has 0 saturated carbocycles. The number of benzene rings is 2. The van der Waals surface area contributed by atoms with Gasteiger partial charge in [0.1, 0.15) is 5.75 Å². The number of aromatic amines is 1. The molecule has 11 nitrogen and oxygen atoms in total. The Morgan fingerprint density at radius 3 is 2.85 bits per heavy atom. The first-order chi connectivity index (χ1) is 19.6. The monoisotopic (exact) mass is 546 g/mol. The molecule has 210 valence electrons. The SMILES string of the molecule is CCOc1ccc2[nH]c(=O)c(CN(Cc3ccc4c(c3)OCO4)C(CC)c3nnnn3CC3CCCO3)cc2c1. The molecule has 0 amide bonds. The number of H-pyrrole nitrogens is 1. The molecule has 1 fully saturated rings. The molecule has 0 spiro atoms. The van der Waals surface area contributed by atoms with Gasteiger partial charge in [-0.1, -0.05) is 13.0 Å². The van der Waals surface area contributed by atoms with E-state index in [1.807, 2.05) is 54.1 Å². The predicted octanol–water partition coefficient (Wildman–Crippen LogP) is 3.97. The second-order valence-corrected chi connectivity index (χ2v) is 10.2. The van der Waals surface area contributed by atoms with E-state index in [0.29, 0.717) is 31.8 Å². The molecule has 2 aromatic heterocycles. The topological polar surface area (TPSA) is 117 Å². The summed E-state index contributed by atoms with van der Waals surface area (Å²) in [7, 11) is 0. The summed E-state index contributed by atoms with van der Waals surface area (Å²) in [5.74, 6) is 2.99. The highest BCUT2D eigenvalue weighted by molar-refractivity contribution is 5.80. The Labute approximate surface area is 232 Å². The van der Waals surface area contributed by atoms with Gasteiger partial charge in [0.25, 0.3) is 5.56 Å². The summed E-state index contributed by atoms with van der Waals surface area (Å²) in [6.07, 6.45) is 2.89. The Morgan fingerprint density at radius 2 is 2.02 bits per heavy atom. The highest BCUT2D eigenvalue weighted by Gasteiger charge is 2.28. The van der Waals surface area contributed by atoms with Gasteiger partial charge in [-0.3, -0.25) is 9.69 Å². The van der Waals surface area contributed by atoms with E-state index in [-0.39, 0.29) is 24.5 Å². The molecule has 11 heteroatoms. The molecule has 4 heterocycles. The van der Waals surface area contributed by atoms with Crippen LogP contribution in [0.15, 0.2) is 47.3 Å². The summed E-state index contributed by atoms with van der Waals surface area (Å²) in [6.45, 7) is 7.17. The summed E-state index contributed by atoms with van der Waals surface area (Å²) in [4.78, 5) is 18.6. The highest BCUT2D eigenvalue weighted by Crippen LogP contribution is 2.34. The summed E-state index contributed by atoms with van der Waals surface area (Å²) in [5.41, 5.74) is 2.34. The maximum atomic E-state index is 13.3. The lowest BCUT2D eigenvalue weighted by Gasteiger charge is -2.30. The Hall–Kier alpha value is -3.96. The molecule has 0 aliphatic carbocycles. The Morgan fingerprint density at radius 1 is 1.12 bits per heavy atom. The molecule has 1 N–H and O–H groups in total. The van der Waals surface area contributed by atoms with Gasteiger partial charge in [-0.15, -0.1) is 5.10 Å². The molecule has 0 radical (unpaired) electrons. The zero-order valence-electron chi connectivity index (χ0n) is 22.8. The van der Waals surface area contributed by atoms with Gasteiger partial charge in [-0.05, 0) is 78.6 Å². The maximum Gasteiger partial charge on any atom is 0.252 e. The lowest BCUT2D eigenvalue weighted by atomic mass is 10.1. The van der Waals surface area contributed by atoms with Crippen LogP contribution in [-0.4, -0.2) is 56.2 Å². The minimum Gasteiger partial charge on any atom is -0.494 e. The van der Waals surface area contributed by atoms with Crippen molar-refractivity contribution in [2.45, 2.75) is 64.9 Å². The summed E-state index contributed by atoms with van der Waals surface area (Å²) in [6, 6.07) is 13.5. The van der Waals surface area contributed by atoms with Gasteiger partial charge in [0, 0.05) is 36.2 Å². The van der Waals surface area contributed by atoms with Crippen LogP contribution in [0.4, 0.5) is 0 Å². The van der Waals surface area contributed by atoms with Crippen molar-refractivity contribution >= 4 is 10.9 Å². The van der Waals surface area contributed by atoms with E-state index >= 15 is 0 Å². The van der Waals surface area contributed by atoms with Gasteiger partial charge in [0.2, 0.25) is 6.79 Å². The smallest absolute Gasteiger partial charge is 0.252 e. The zero-order valence-corrected chi connectivity index (χ0v) is 22.8. The first-order valence-corrected chi connectivity index (χ1v) is 13.9. The van der Waals surface area contributed by atoms with Crippen molar-refractivity contribution in [3.8, 4) is 17.2 Å². The Bertz CT molecular complexity index is 1530. The third-order valence-electron chi connectivity index (χ3n) is 7.49. The normalized spacial score (nSPS) is 17.1. The number of hydrogen-bond donors (Lipinski definition) is 1. The molecule has 2 aromatic carbocycles. The lowest BCUT2D eigenvalue weighted by Crippen LogP contribution is -2.33. The molecule has 1 saturated heterocycles. The van der Waals surface area contributed by atoms with Crippen molar-refractivity contribution in [3.63, 3.8) is 0 Å². The average Bonchev–Trinajstić information content (AvgIpc) is 3.73. The van der Waals surface area contributed by atoms with E-state index in [0.717, 1.165) is 65.4 Å². The Kier molecular flexibility index (Phi) is 7.65. The largest absolute Gasteiger partial charge is 0.494 e. The van der Waals surface area contributed by atoms with E-state index in [1.54, 1.807) is 0 Å². The molecule has 40 heavy (non-hydrogen) atoms. The fraction of sp³-hybridized carbons (Fsp3) is 0.448. The van der Waals surface area contributed by atoms with Crippen LogP contribution in [-0.2, 0) is 24.4 Å². The molecule has 6 rings (SSSR count). The standard InChI is InChI=1S/C29H34N6O5/c1-3-25(28-31-32-33-35(28)17-23-6-5-11-38-23)34(15-19-7-10-26-27(12-19)40-18-39-26)16-21-13-20-14-22(37-4-2)8-9-24(20)30-29(21)36/h7-10,12-14,23,25H,3-6,11,15-18H2,1-2H3,(H,30,36). The van der Waals surface area contributed by atoms with Crippen LogP contribution in [0.2, 0.25) is 0 Å². The minimum atomic E-state index is -0.147. The molecule has 2 unspecified atom stereocenters. The Balaban J connectivity index is 1.35. The molecule has 2 aliphatic heterocycles. The van der Waals surface area contributed by atoms with Gasteiger partial charge in [0.15, 0.2) is 17.3 Å². The number of tetrazole rings is 1. The minimum absolute atomic E-state index is 0.102. The lowest BCUT2D eigenvalue weighted by molar-refractivity contribution is 0.0888. The van der Waals surface area contributed by atoms with Gasteiger partial charge in [0.05, 0.1) is 25.3 Å². The van der Waals surface area contributed by atoms with Crippen molar-refractivity contribution in [2.75, 3.05) is 20.0 Å². The van der Waals surface area contributed by atoms with Gasteiger partial charge in [-0.2, -0.15) is 0 Å². The predicted molar refractivity (Wildman–Crippen MR) is 147 cm³/mol. The summed E-state index contributed by atoms with van der Waals surface area (Å²) >= 11 is 0. The van der Waals surface area contributed by atoms with E-state index in [1.165, 1.54) is 0 Å². The van der Waals surface area contributed by atoms with Crippen molar-refractivity contribution in [2.24, 2.45) is 0 Å². The van der Waals surface area contributed by atoms with Crippen LogP contribution in [0.3, 0.4) is 0 Å². The maximum absolute atomic E-state index is 13.3. The van der Waals surface area contributed by atoms with E-state index in [9.17, 15) is 4.79 Å². The second kappa shape index (κ2) is 11.6. The van der Waals surface area contributed by atoms with Crippen molar-refractivity contribution < 1.29 is 18.9 Å². The number of hydrogen-bond acceptors (Lipinski definition) is 9. The number of nitrogens with one attached hydrogen (secondary N) is 1. The van der Waals surface area contributed by atoms with Crippen LogP contribution < -0.4 is 19.8 Å². The fourth-order valence-electron chi connectivity index (χ4n) is 5.54. The number of nitrogens with zero attached hydrogens (tertiary/aromatic N) is 5. The van der Waals surface area contributed by atoms with Gasteiger partial charge in [-0.25, -0.2) is 4.68 Å². The van der Waals surface area contributed by atoms with Crippen LogP contribution in [0.25, 0.3) is 10.9 Å². The number of aromatic nitrogens is 5. The zero-order chi connectivity index (χ0) is 27.5. The molecule has 2 aliphatic rings. The van der Waals surface area contributed by atoms with E-state index in [2.05, 4.69) is 32.3 Å². The average molecular weight is 547 g/mol. The van der Waals surface area contributed by atoms with Crippen molar-refractivity contribution in [1.29, 1.82) is 0 Å². The van der Waals surface area contributed by atoms with Crippen LogP contribution in [0.5, 0.6) is 17.2 Å². The number of rotatable bonds is 11. The molecular formula is C29H34N6O5. The van der Waals surface area contributed by atoms with Gasteiger partial charge >= 0.3 is 0 Å². The third kappa shape index (κ3) is 5.52. The third-order valence-corrected chi connectivity index (χ3v) is 7.49. The van der Waals surface area contributed by atoms with Crippen LogP contribution in [0, 0.1) is 0 Å². The number of fused-ring (bicyclic) bond motifs is 2. The molecular weight excluding hydrogens is 512 g/mol. The number of pyridine rings is 1.